The molecular weight excluding hydrogens is 336 g/mol. The first-order valence-electron chi connectivity index (χ1n) is 8.42. The van der Waals surface area contributed by atoms with E-state index in [9.17, 15) is 4.79 Å². The average Bonchev–Trinajstić information content (AvgIpc) is 2.94. The first-order valence-corrected chi connectivity index (χ1v) is 8.80. The molecule has 6 heteroatoms. The van der Waals surface area contributed by atoms with Crippen LogP contribution in [0, 0.1) is 6.92 Å². The predicted molar refractivity (Wildman–Crippen MR) is 99.8 cm³/mol. The molecule has 0 aliphatic carbocycles. The molecule has 3 rings (SSSR count). The van der Waals surface area contributed by atoms with Crippen LogP contribution in [0.1, 0.15) is 25.1 Å². The molecular formula is C19H21ClN4O. The lowest BCUT2D eigenvalue weighted by Gasteiger charge is -2.18. The lowest BCUT2D eigenvalue weighted by molar-refractivity contribution is -0.130. The van der Waals surface area contributed by atoms with Gasteiger partial charge in [0.1, 0.15) is 5.15 Å². The van der Waals surface area contributed by atoms with Gasteiger partial charge in [-0.25, -0.2) is 9.50 Å². The molecule has 0 radical (unpaired) electrons. The minimum absolute atomic E-state index is 0.0573. The van der Waals surface area contributed by atoms with Gasteiger partial charge >= 0.3 is 0 Å². The topological polar surface area (TPSA) is 50.5 Å². The molecule has 2 aromatic heterocycles. The molecule has 0 unspecified atom stereocenters. The number of carbonyl (C=O) groups is 1. The Morgan fingerprint density at radius 1 is 1.12 bits per heavy atom. The van der Waals surface area contributed by atoms with Crippen LogP contribution in [0.15, 0.2) is 36.4 Å². The van der Waals surface area contributed by atoms with Gasteiger partial charge in [-0.2, -0.15) is 5.10 Å². The monoisotopic (exact) mass is 356 g/mol. The number of aromatic nitrogens is 3. The van der Waals surface area contributed by atoms with Gasteiger partial charge in [0, 0.05) is 18.7 Å². The molecule has 5 nitrogen and oxygen atoms in total. The van der Waals surface area contributed by atoms with Crippen molar-refractivity contribution in [1.29, 1.82) is 0 Å². The van der Waals surface area contributed by atoms with E-state index in [-0.39, 0.29) is 12.3 Å². The molecule has 0 bridgehead atoms. The molecule has 0 N–H and O–H groups in total. The van der Waals surface area contributed by atoms with Gasteiger partial charge in [-0.05, 0) is 32.9 Å². The number of hydrogen-bond acceptors (Lipinski definition) is 3. The third-order valence-corrected chi connectivity index (χ3v) is 4.50. The van der Waals surface area contributed by atoms with Crippen LogP contribution < -0.4 is 0 Å². The molecule has 25 heavy (non-hydrogen) atoms. The molecule has 0 atom stereocenters. The van der Waals surface area contributed by atoms with E-state index in [1.165, 1.54) is 5.56 Å². The van der Waals surface area contributed by atoms with E-state index in [4.69, 9.17) is 11.6 Å². The maximum atomic E-state index is 12.7. The highest BCUT2D eigenvalue weighted by atomic mass is 35.5. The van der Waals surface area contributed by atoms with Crippen molar-refractivity contribution < 1.29 is 4.79 Å². The summed E-state index contributed by atoms with van der Waals surface area (Å²) in [6.07, 6.45) is 0.236. The van der Waals surface area contributed by atoms with Gasteiger partial charge < -0.3 is 4.90 Å². The summed E-state index contributed by atoms with van der Waals surface area (Å²) in [5.41, 5.74) is 4.36. The van der Waals surface area contributed by atoms with E-state index in [0.717, 1.165) is 17.0 Å². The van der Waals surface area contributed by atoms with Crippen molar-refractivity contribution >= 4 is 23.2 Å². The van der Waals surface area contributed by atoms with Crippen molar-refractivity contribution in [3.8, 4) is 11.3 Å². The molecule has 2 heterocycles. The average molecular weight is 357 g/mol. The number of imidazole rings is 1. The Balaban J connectivity index is 2.12. The van der Waals surface area contributed by atoms with Crippen molar-refractivity contribution in [1.82, 2.24) is 19.5 Å². The molecule has 1 aromatic carbocycles. The second-order valence-electron chi connectivity index (χ2n) is 5.94. The number of likely N-dealkylation sites (N-methyl/N-ethyl adjacent to an activating group) is 1. The van der Waals surface area contributed by atoms with E-state index in [1.807, 2.05) is 56.0 Å². The van der Waals surface area contributed by atoms with Gasteiger partial charge in [-0.3, -0.25) is 4.79 Å². The van der Waals surface area contributed by atoms with E-state index in [2.05, 4.69) is 10.1 Å². The highest BCUT2D eigenvalue weighted by Crippen LogP contribution is 2.26. The summed E-state index contributed by atoms with van der Waals surface area (Å²) in [6.45, 7) is 7.36. The van der Waals surface area contributed by atoms with Crippen LogP contribution >= 0.6 is 11.6 Å². The minimum atomic E-state index is 0.0573. The summed E-state index contributed by atoms with van der Waals surface area (Å²) >= 11 is 6.07. The lowest BCUT2D eigenvalue weighted by atomic mass is 10.1. The lowest BCUT2D eigenvalue weighted by Crippen LogP contribution is -2.32. The van der Waals surface area contributed by atoms with Crippen molar-refractivity contribution in [3.05, 3.63) is 52.8 Å². The normalized spacial score (nSPS) is 11.0. The first kappa shape index (κ1) is 17.4. The number of fused-ring (bicyclic) bond motifs is 1. The van der Waals surface area contributed by atoms with E-state index in [1.54, 1.807) is 10.6 Å². The number of benzene rings is 1. The Bertz CT molecular complexity index is 898. The molecule has 0 fully saturated rings. The summed E-state index contributed by atoms with van der Waals surface area (Å²) in [5.74, 6) is 0.0573. The van der Waals surface area contributed by atoms with Crippen LogP contribution in [0.25, 0.3) is 16.9 Å². The summed E-state index contributed by atoms with van der Waals surface area (Å²) in [4.78, 5) is 19.2. The largest absolute Gasteiger partial charge is 0.343 e. The maximum absolute atomic E-state index is 12.7. The summed E-state index contributed by atoms with van der Waals surface area (Å²) in [5, 5.41) is 4.72. The number of halogens is 1. The van der Waals surface area contributed by atoms with Crippen molar-refractivity contribution in [2.24, 2.45) is 0 Å². The van der Waals surface area contributed by atoms with Crippen LogP contribution in [-0.4, -0.2) is 38.5 Å². The summed E-state index contributed by atoms with van der Waals surface area (Å²) in [6, 6.07) is 11.6. The molecule has 0 aliphatic rings. The second kappa shape index (κ2) is 7.23. The number of rotatable bonds is 5. The standard InChI is InChI=1S/C19H21ClN4O/c1-4-23(5-2)18(25)12-15-19(14-8-6-13(3)7-9-14)21-17-11-10-16(20)22-24(15)17/h6-11H,4-5,12H2,1-3H3. The number of hydrogen-bond donors (Lipinski definition) is 0. The van der Waals surface area contributed by atoms with Crippen LogP contribution in [0.2, 0.25) is 5.15 Å². The van der Waals surface area contributed by atoms with Crippen LogP contribution in [0.5, 0.6) is 0 Å². The maximum Gasteiger partial charge on any atom is 0.228 e. The Hall–Kier alpha value is -2.40. The third kappa shape index (κ3) is 3.51. The minimum Gasteiger partial charge on any atom is -0.343 e. The van der Waals surface area contributed by atoms with E-state index < -0.39 is 0 Å². The SMILES string of the molecule is CCN(CC)C(=O)Cc1c(-c2ccc(C)cc2)nc2ccc(Cl)nn12. The smallest absolute Gasteiger partial charge is 0.228 e. The van der Waals surface area contributed by atoms with Gasteiger partial charge in [0.05, 0.1) is 17.8 Å². The van der Waals surface area contributed by atoms with Gasteiger partial charge in [0.2, 0.25) is 5.91 Å². The zero-order valence-electron chi connectivity index (χ0n) is 14.7. The molecule has 1 amide bonds. The zero-order valence-corrected chi connectivity index (χ0v) is 15.4. The molecule has 0 saturated carbocycles. The van der Waals surface area contributed by atoms with Crippen molar-refractivity contribution in [2.45, 2.75) is 27.2 Å². The highest BCUT2D eigenvalue weighted by molar-refractivity contribution is 6.29. The highest BCUT2D eigenvalue weighted by Gasteiger charge is 2.20. The summed E-state index contributed by atoms with van der Waals surface area (Å²) in [7, 11) is 0. The fraction of sp³-hybridized carbons (Fsp3) is 0.316. The van der Waals surface area contributed by atoms with E-state index in [0.29, 0.717) is 23.9 Å². The Morgan fingerprint density at radius 2 is 1.80 bits per heavy atom. The van der Waals surface area contributed by atoms with Crippen LogP contribution in [-0.2, 0) is 11.2 Å². The van der Waals surface area contributed by atoms with Crippen LogP contribution in [0.4, 0.5) is 0 Å². The third-order valence-electron chi connectivity index (χ3n) is 4.30. The van der Waals surface area contributed by atoms with Gasteiger partial charge in [0.25, 0.3) is 0 Å². The Kier molecular flexibility index (Phi) is 5.04. The second-order valence-corrected chi connectivity index (χ2v) is 6.33. The number of aryl methyl sites for hydroxylation is 1. The first-order chi connectivity index (χ1) is 12.0. The molecule has 3 aromatic rings. The quantitative estimate of drug-likeness (QED) is 0.699. The fourth-order valence-electron chi connectivity index (χ4n) is 2.89. The molecule has 0 spiro atoms. The fourth-order valence-corrected chi connectivity index (χ4v) is 3.03. The summed E-state index contributed by atoms with van der Waals surface area (Å²) < 4.78 is 1.68. The zero-order chi connectivity index (χ0) is 18.0. The van der Waals surface area contributed by atoms with E-state index >= 15 is 0 Å². The Morgan fingerprint density at radius 3 is 2.44 bits per heavy atom. The molecule has 0 aliphatic heterocycles. The van der Waals surface area contributed by atoms with Gasteiger partial charge in [-0.15, -0.1) is 0 Å². The predicted octanol–water partition coefficient (Wildman–Crippen LogP) is 3.77. The van der Waals surface area contributed by atoms with Crippen LogP contribution in [0.3, 0.4) is 0 Å². The molecule has 130 valence electrons. The molecule has 0 saturated heterocycles. The van der Waals surface area contributed by atoms with Crippen molar-refractivity contribution in [2.75, 3.05) is 13.1 Å². The number of amides is 1. The number of carbonyl (C=O) groups excluding carboxylic acids is 1. The van der Waals surface area contributed by atoms with Gasteiger partial charge in [0.15, 0.2) is 5.65 Å². The number of nitrogens with zero attached hydrogens (tertiary/aromatic N) is 4. The van der Waals surface area contributed by atoms with Crippen molar-refractivity contribution in [3.63, 3.8) is 0 Å². The Labute approximate surface area is 152 Å². The van der Waals surface area contributed by atoms with Gasteiger partial charge in [-0.1, -0.05) is 41.4 Å².